The minimum absolute atomic E-state index is 0.177. The van der Waals surface area contributed by atoms with Crippen molar-refractivity contribution in [1.82, 2.24) is 4.90 Å². The summed E-state index contributed by atoms with van der Waals surface area (Å²) in [5.41, 5.74) is 0.934. The van der Waals surface area contributed by atoms with E-state index in [1.54, 1.807) is 49.4 Å². The van der Waals surface area contributed by atoms with Gasteiger partial charge in [0.15, 0.2) is 17.3 Å². The first kappa shape index (κ1) is 22.6. The van der Waals surface area contributed by atoms with Gasteiger partial charge in [-0.3, -0.25) is 24.1 Å². The predicted molar refractivity (Wildman–Crippen MR) is 117 cm³/mol. The van der Waals surface area contributed by atoms with Crippen molar-refractivity contribution in [3.8, 4) is 11.5 Å². The van der Waals surface area contributed by atoms with Crippen molar-refractivity contribution in [2.75, 3.05) is 13.2 Å². The molecule has 31 heavy (non-hydrogen) atoms. The fourth-order valence-electron chi connectivity index (χ4n) is 2.78. The number of carbonyl (C=O) groups excluding carboxylic acids is 4. The Morgan fingerprint density at radius 1 is 1.10 bits per heavy atom. The molecule has 1 aliphatic heterocycles. The van der Waals surface area contributed by atoms with Crippen LogP contribution in [-0.2, 0) is 9.59 Å². The van der Waals surface area contributed by atoms with E-state index in [2.05, 4.69) is 0 Å². The number of ketones is 1. The zero-order valence-electron chi connectivity index (χ0n) is 16.7. The molecule has 3 rings (SSSR count). The smallest absolute Gasteiger partial charge is 0.308 e. The van der Waals surface area contributed by atoms with E-state index in [1.807, 2.05) is 0 Å². The van der Waals surface area contributed by atoms with Crippen molar-refractivity contribution < 1.29 is 28.7 Å². The molecule has 160 valence electrons. The van der Waals surface area contributed by atoms with Gasteiger partial charge >= 0.3 is 5.97 Å². The Hall–Kier alpha value is -3.10. The van der Waals surface area contributed by atoms with Gasteiger partial charge in [0.05, 0.1) is 18.1 Å². The second-order valence-corrected chi connectivity index (χ2v) is 7.86. The molecule has 1 heterocycles. The Balaban J connectivity index is 1.79. The Labute approximate surface area is 188 Å². The topological polar surface area (TPSA) is 90.0 Å². The molecule has 2 amide bonds. The minimum atomic E-state index is -0.556. The fraction of sp³-hybridized carbons (Fsp3) is 0.182. The summed E-state index contributed by atoms with van der Waals surface area (Å²) >= 11 is 6.57. The number of esters is 1. The molecular weight excluding hydrogens is 442 g/mol. The van der Waals surface area contributed by atoms with Crippen molar-refractivity contribution in [2.45, 2.75) is 13.8 Å². The Morgan fingerprint density at radius 3 is 2.45 bits per heavy atom. The summed E-state index contributed by atoms with van der Waals surface area (Å²) in [6.45, 7) is 3.05. The molecular formula is C22H18ClNO6S. The molecule has 9 heteroatoms. The highest BCUT2D eigenvalue weighted by atomic mass is 35.5. The standard InChI is InChI=1S/C22H18ClNO6S/c1-3-29-19-10-14(4-9-18(19)30-13(2)25)11-20-21(27)24(22(28)31-20)12-17(26)15-5-7-16(23)8-6-15/h4-11H,3,12H2,1-2H3/b20-11+. The first-order valence-corrected chi connectivity index (χ1v) is 10.5. The van der Waals surface area contributed by atoms with Crippen LogP contribution in [0.25, 0.3) is 6.08 Å². The van der Waals surface area contributed by atoms with E-state index < -0.39 is 17.1 Å². The van der Waals surface area contributed by atoms with Gasteiger partial charge in [-0.25, -0.2) is 0 Å². The van der Waals surface area contributed by atoms with E-state index in [0.29, 0.717) is 28.5 Å². The summed E-state index contributed by atoms with van der Waals surface area (Å²) in [6.07, 6.45) is 1.53. The van der Waals surface area contributed by atoms with Crippen molar-refractivity contribution in [2.24, 2.45) is 0 Å². The van der Waals surface area contributed by atoms with E-state index >= 15 is 0 Å². The molecule has 0 aromatic heterocycles. The van der Waals surface area contributed by atoms with Crippen LogP contribution in [0.5, 0.6) is 11.5 Å². The highest BCUT2D eigenvalue weighted by Crippen LogP contribution is 2.35. The van der Waals surface area contributed by atoms with Crippen LogP contribution in [0.1, 0.15) is 29.8 Å². The number of benzene rings is 2. The third-order valence-corrected chi connectivity index (χ3v) is 5.32. The molecule has 0 unspecified atom stereocenters. The maximum Gasteiger partial charge on any atom is 0.308 e. The van der Waals surface area contributed by atoms with Crippen molar-refractivity contribution in [3.05, 3.63) is 63.5 Å². The molecule has 1 aliphatic rings. The number of hydrogen-bond acceptors (Lipinski definition) is 7. The molecule has 1 fully saturated rings. The molecule has 2 aromatic carbocycles. The van der Waals surface area contributed by atoms with Crippen molar-refractivity contribution >= 4 is 52.3 Å². The second kappa shape index (κ2) is 9.80. The molecule has 1 saturated heterocycles. The van der Waals surface area contributed by atoms with Crippen LogP contribution < -0.4 is 9.47 Å². The van der Waals surface area contributed by atoms with Gasteiger partial charge < -0.3 is 9.47 Å². The fourth-order valence-corrected chi connectivity index (χ4v) is 3.74. The van der Waals surface area contributed by atoms with E-state index in [9.17, 15) is 19.2 Å². The number of rotatable bonds is 7. The number of hydrogen-bond donors (Lipinski definition) is 0. The molecule has 7 nitrogen and oxygen atoms in total. The summed E-state index contributed by atoms with van der Waals surface area (Å²) in [5, 5.41) is -0.0445. The maximum atomic E-state index is 12.7. The first-order chi connectivity index (χ1) is 14.8. The van der Waals surface area contributed by atoms with Crippen LogP contribution in [0.3, 0.4) is 0 Å². The predicted octanol–water partition coefficient (Wildman–Crippen LogP) is 4.58. The van der Waals surface area contributed by atoms with Crippen molar-refractivity contribution in [3.63, 3.8) is 0 Å². The molecule has 0 N–H and O–H groups in total. The summed E-state index contributed by atoms with van der Waals surface area (Å²) in [7, 11) is 0. The molecule has 0 spiro atoms. The lowest BCUT2D eigenvalue weighted by molar-refractivity contribution is -0.132. The van der Waals surface area contributed by atoms with Gasteiger partial charge in [0.25, 0.3) is 11.1 Å². The third-order valence-electron chi connectivity index (χ3n) is 4.16. The monoisotopic (exact) mass is 459 g/mol. The average molecular weight is 460 g/mol. The van der Waals surface area contributed by atoms with Crippen LogP contribution >= 0.6 is 23.4 Å². The SMILES string of the molecule is CCOc1cc(/C=C2/SC(=O)N(CC(=O)c3ccc(Cl)cc3)C2=O)ccc1OC(C)=O. The summed E-state index contributed by atoms with van der Waals surface area (Å²) in [4.78, 5) is 49.8. The molecule has 2 aromatic rings. The largest absolute Gasteiger partial charge is 0.490 e. The van der Waals surface area contributed by atoms with Gasteiger partial charge in [-0.2, -0.15) is 0 Å². The molecule has 0 bridgehead atoms. The van der Waals surface area contributed by atoms with Gasteiger partial charge in [-0.15, -0.1) is 0 Å². The molecule has 0 saturated carbocycles. The second-order valence-electron chi connectivity index (χ2n) is 6.43. The lowest BCUT2D eigenvalue weighted by Crippen LogP contribution is -2.33. The van der Waals surface area contributed by atoms with Crippen LogP contribution in [-0.4, -0.2) is 41.0 Å². The summed E-state index contributed by atoms with van der Waals surface area (Å²) < 4.78 is 10.6. The number of imide groups is 1. The lowest BCUT2D eigenvalue weighted by Gasteiger charge is -2.11. The Morgan fingerprint density at radius 2 is 1.81 bits per heavy atom. The minimum Gasteiger partial charge on any atom is -0.490 e. The highest BCUT2D eigenvalue weighted by molar-refractivity contribution is 8.18. The number of carbonyl (C=O) groups is 4. The number of ether oxygens (including phenoxy) is 2. The van der Waals surface area contributed by atoms with Gasteiger partial charge in [-0.05, 0) is 66.7 Å². The number of Topliss-reactive ketones (excluding diaryl/α,β-unsaturated/α-hetero) is 1. The zero-order valence-corrected chi connectivity index (χ0v) is 18.3. The number of thioether (sulfide) groups is 1. The molecule has 0 atom stereocenters. The van der Waals surface area contributed by atoms with Gasteiger partial charge in [0.2, 0.25) is 0 Å². The number of nitrogens with zero attached hydrogens (tertiary/aromatic N) is 1. The molecule has 0 radical (unpaired) electrons. The van der Waals surface area contributed by atoms with E-state index in [4.69, 9.17) is 21.1 Å². The molecule has 0 aliphatic carbocycles. The summed E-state index contributed by atoms with van der Waals surface area (Å²) in [6, 6.07) is 11.0. The normalized spacial score (nSPS) is 14.8. The van der Waals surface area contributed by atoms with Crippen LogP contribution in [0.4, 0.5) is 4.79 Å². The zero-order chi connectivity index (χ0) is 22.5. The summed E-state index contributed by atoms with van der Waals surface area (Å²) in [5.74, 6) is -0.819. The maximum absolute atomic E-state index is 12.7. The van der Waals surface area contributed by atoms with Crippen molar-refractivity contribution in [1.29, 1.82) is 0 Å². The van der Waals surface area contributed by atoms with Crippen LogP contribution in [0.15, 0.2) is 47.4 Å². The number of amides is 2. The third kappa shape index (κ3) is 5.53. The lowest BCUT2D eigenvalue weighted by atomic mass is 10.1. The highest BCUT2D eigenvalue weighted by Gasteiger charge is 2.36. The van der Waals surface area contributed by atoms with E-state index in [1.165, 1.54) is 13.0 Å². The quantitative estimate of drug-likeness (QED) is 0.259. The average Bonchev–Trinajstić information content (AvgIpc) is 2.97. The van der Waals surface area contributed by atoms with Gasteiger partial charge in [0.1, 0.15) is 0 Å². The number of halogens is 1. The Kier molecular flexibility index (Phi) is 7.14. The van der Waals surface area contributed by atoms with Gasteiger partial charge in [0, 0.05) is 17.5 Å². The van der Waals surface area contributed by atoms with Crippen LogP contribution in [0, 0.1) is 0 Å². The van der Waals surface area contributed by atoms with Gasteiger partial charge in [-0.1, -0.05) is 17.7 Å². The van der Waals surface area contributed by atoms with Crippen LogP contribution in [0.2, 0.25) is 5.02 Å². The van der Waals surface area contributed by atoms with E-state index in [-0.39, 0.29) is 23.0 Å². The Bertz CT molecular complexity index is 1080. The first-order valence-electron chi connectivity index (χ1n) is 9.28. The van der Waals surface area contributed by atoms with E-state index in [0.717, 1.165) is 16.7 Å².